The van der Waals surface area contributed by atoms with Gasteiger partial charge in [0, 0.05) is 13.1 Å². The number of rotatable bonds is 2. The van der Waals surface area contributed by atoms with Crippen LogP contribution < -0.4 is 0 Å². The van der Waals surface area contributed by atoms with E-state index < -0.39 is 0 Å². The maximum Gasteiger partial charge on any atom is 0.259 e. The highest BCUT2D eigenvalue weighted by Gasteiger charge is 2.27. The van der Waals surface area contributed by atoms with Crippen LogP contribution in [0.1, 0.15) is 41.8 Å². The Bertz CT molecular complexity index is 578. The van der Waals surface area contributed by atoms with Crippen LogP contribution in [0.2, 0.25) is 0 Å². The van der Waals surface area contributed by atoms with Gasteiger partial charge in [0.25, 0.3) is 5.91 Å². The van der Waals surface area contributed by atoms with Gasteiger partial charge in [-0.3, -0.25) is 4.79 Å². The molecule has 3 heterocycles. The number of hydrogen-bond donors (Lipinski definition) is 0. The molecule has 106 valence electrons. The third kappa shape index (κ3) is 2.35. The van der Waals surface area contributed by atoms with Crippen molar-refractivity contribution in [3.05, 3.63) is 29.7 Å². The number of amides is 1. The summed E-state index contributed by atoms with van der Waals surface area (Å²) in [4.78, 5) is 14.6. The monoisotopic (exact) mass is 274 g/mol. The molecule has 1 saturated heterocycles. The van der Waals surface area contributed by atoms with Gasteiger partial charge in [-0.25, -0.2) is 0 Å². The minimum absolute atomic E-state index is 0.00273. The average molecular weight is 274 g/mol. The van der Waals surface area contributed by atoms with Gasteiger partial charge in [0.05, 0.1) is 6.26 Å². The molecule has 0 saturated carbocycles. The van der Waals surface area contributed by atoms with Crippen LogP contribution in [-0.4, -0.2) is 29.1 Å². The van der Waals surface area contributed by atoms with Crippen LogP contribution in [0.3, 0.4) is 0 Å². The van der Waals surface area contributed by atoms with E-state index in [1.165, 1.54) is 12.8 Å². The first kappa shape index (κ1) is 13.0. The SMILES string of the molecule is Cc1onc(-c2ccco2)c1C(=O)N1CCCCCC1. The number of hydrogen-bond acceptors (Lipinski definition) is 4. The van der Waals surface area contributed by atoms with E-state index in [9.17, 15) is 4.79 Å². The lowest BCUT2D eigenvalue weighted by Gasteiger charge is -2.19. The summed E-state index contributed by atoms with van der Waals surface area (Å²) in [6.45, 7) is 3.38. The summed E-state index contributed by atoms with van der Waals surface area (Å²) in [5, 5.41) is 3.98. The highest BCUT2D eigenvalue weighted by Crippen LogP contribution is 2.27. The topological polar surface area (TPSA) is 59.5 Å². The van der Waals surface area contributed by atoms with Crippen molar-refractivity contribution >= 4 is 5.91 Å². The number of likely N-dealkylation sites (tertiary alicyclic amines) is 1. The molecule has 3 rings (SSSR count). The van der Waals surface area contributed by atoms with Gasteiger partial charge in [-0.15, -0.1) is 0 Å². The van der Waals surface area contributed by atoms with E-state index in [1.54, 1.807) is 25.3 Å². The van der Waals surface area contributed by atoms with E-state index in [4.69, 9.17) is 8.94 Å². The third-order valence-corrected chi connectivity index (χ3v) is 3.72. The Morgan fingerprint density at radius 3 is 2.65 bits per heavy atom. The molecule has 2 aromatic heterocycles. The van der Waals surface area contributed by atoms with E-state index in [-0.39, 0.29) is 5.91 Å². The Hall–Kier alpha value is -2.04. The molecule has 0 aromatic carbocycles. The Kier molecular flexibility index (Phi) is 3.58. The highest BCUT2D eigenvalue weighted by molar-refractivity contribution is 6.00. The molecule has 0 N–H and O–H groups in total. The number of aromatic nitrogens is 1. The molecule has 5 nitrogen and oxygen atoms in total. The Labute approximate surface area is 117 Å². The molecule has 0 unspecified atom stereocenters. The maximum atomic E-state index is 12.7. The second-order valence-corrected chi connectivity index (χ2v) is 5.15. The molecule has 1 aliphatic rings. The largest absolute Gasteiger partial charge is 0.463 e. The Balaban J connectivity index is 1.93. The zero-order valence-corrected chi connectivity index (χ0v) is 11.6. The molecule has 0 bridgehead atoms. The fourth-order valence-corrected chi connectivity index (χ4v) is 2.64. The first-order chi connectivity index (χ1) is 9.77. The molecule has 0 aliphatic carbocycles. The number of carbonyl (C=O) groups is 1. The van der Waals surface area contributed by atoms with Gasteiger partial charge in [0.15, 0.2) is 11.5 Å². The van der Waals surface area contributed by atoms with E-state index in [1.807, 2.05) is 4.90 Å². The summed E-state index contributed by atoms with van der Waals surface area (Å²) in [5.74, 6) is 1.11. The van der Waals surface area contributed by atoms with Crippen molar-refractivity contribution in [3.8, 4) is 11.5 Å². The fraction of sp³-hybridized carbons (Fsp3) is 0.467. The molecule has 2 aromatic rings. The summed E-state index contributed by atoms with van der Waals surface area (Å²) in [6, 6.07) is 3.57. The standard InChI is InChI=1S/C15H18N2O3/c1-11-13(14(16-20-11)12-7-6-10-19-12)15(18)17-8-4-2-3-5-9-17/h6-7,10H,2-5,8-9H2,1H3. The minimum atomic E-state index is -0.00273. The van der Waals surface area contributed by atoms with Gasteiger partial charge in [-0.05, 0) is 31.9 Å². The van der Waals surface area contributed by atoms with Gasteiger partial charge in [0.1, 0.15) is 11.3 Å². The summed E-state index contributed by atoms with van der Waals surface area (Å²) in [5.41, 5.74) is 1.03. The number of carbonyl (C=O) groups excluding carboxylic acids is 1. The molecule has 1 amide bonds. The zero-order chi connectivity index (χ0) is 13.9. The first-order valence-electron chi connectivity index (χ1n) is 7.07. The van der Waals surface area contributed by atoms with Crippen molar-refractivity contribution in [2.75, 3.05) is 13.1 Å². The van der Waals surface area contributed by atoms with Gasteiger partial charge < -0.3 is 13.8 Å². The Morgan fingerprint density at radius 1 is 1.25 bits per heavy atom. The lowest BCUT2D eigenvalue weighted by molar-refractivity contribution is 0.0760. The van der Waals surface area contributed by atoms with Gasteiger partial charge in [-0.1, -0.05) is 18.0 Å². The van der Waals surface area contributed by atoms with Crippen LogP contribution in [0.25, 0.3) is 11.5 Å². The lowest BCUT2D eigenvalue weighted by Crippen LogP contribution is -2.32. The van der Waals surface area contributed by atoms with Gasteiger partial charge in [0.2, 0.25) is 0 Å². The summed E-state index contributed by atoms with van der Waals surface area (Å²) in [6.07, 6.45) is 6.08. The molecular weight excluding hydrogens is 256 g/mol. The fourth-order valence-electron chi connectivity index (χ4n) is 2.64. The zero-order valence-electron chi connectivity index (χ0n) is 11.6. The van der Waals surface area contributed by atoms with Crippen LogP contribution in [0.15, 0.2) is 27.3 Å². The molecule has 5 heteroatoms. The van der Waals surface area contributed by atoms with Crippen molar-refractivity contribution < 1.29 is 13.7 Å². The highest BCUT2D eigenvalue weighted by atomic mass is 16.5. The predicted molar refractivity (Wildman–Crippen MR) is 73.3 cm³/mol. The van der Waals surface area contributed by atoms with Crippen molar-refractivity contribution in [1.29, 1.82) is 0 Å². The van der Waals surface area contributed by atoms with E-state index in [0.29, 0.717) is 22.8 Å². The van der Waals surface area contributed by atoms with E-state index in [0.717, 1.165) is 25.9 Å². The molecule has 0 atom stereocenters. The quantitative estimate of drug-likeness (QED) is 0.843. The van der Waals surface area contributed by atoms with Crippen LogP contribution >= 0.6 is 0 Å². The molecule has 1 fully saturated rings. The predicted octanol–water partition coefficient (Wildman–Crippen LogP) is 3.26. The van der Waals surface area contributed by atoms with Gasteiger partial charge in [-0.2, -0.15) is 0 Å². The second kappa shape index (κ2) is 5.53. The van der Waals surface area contributed by atoms with E-state index >= 15 is 0 Å². The van der Waals surface area contributed by atoms with Crippen LogP contribution in [0.4, 0.5) is 0 Å². The van der Waals surface area contributed by atoms with E-state index in [2.05, 4.69) is 5.16 Å². The number of nitrogens with zero attached hydrogens (tertiary/aromatic N) is 2. The molecule has 1 aliphatic heterocycles. The van der Waals surface area contributed by atoms with Crippen LogP contribution in [-0.2, 0) is 0 Å². The van der Waals surface area contributed by atoms with Crippen molar-refractivity contribution in [2.45, 2.75) is 32.6 Å². The van der Waals surface area contributed by atoms with Crippen molar-refractivity contribution in [1.82, 2.24) is 10.1 Å². The summed E-state index contributed by atoms with van der Waals surface area (Å²) in [7, 11) is 0. The van der Waals surface area contributed by atoms with Crippen molar-refractivity contribution in [3.63, 3.8) is 0 Å². The minimum Gasteiger partial charge on any atom is -0.463 e. The normalized spacial score (nSPS) is 16.1. The average Bonchev–Trinajstić information content (AvgIpc) is 3.00. The third-order valence-electron chi connectivity index (χ3n) is 3.72. The smallest absolute Gasteiger partial charge is 0.259 e. The Morgan fingerprint density at radius 2 is 2.00 bits per heavy atom. The van der Waals surface area contributed by atoms with Gasteiger partial charge >= 0.3 is 0 Å². The van der Waals surface area contributed by atoms with Crippen molar-refractivity contribution in [2.24, 2.45) is 0 Å². The lowest BCUT2D eigenvalue weighted by atomic mass is 10.1. The number of furan rings is 1. The summed E-state index contributed by atoms with van der Waals surface area (Å²) < 4.78 is 10.5. The van der Waals surface area contributed by atoms with Crippen LogP contribution in [0, 0.1) is 6.92 Å². The summed E-state index contributed by atoms with van der Waals surface area (Å²) >= 11 is 0. The second-order valence-electron chi connectivity index (χ2n) is 5.15. The maximum absolute atomic E-state index is 12.7. The molecule has 0 spiro atoms. The first-order valence-corrected chi connectivity index (χ1v) is 7.07. The van der Waals surface area contributed by atoms with Crippen LogP contribution in [0.5, 0.6) is 0 Å². The molecular formula is C15H18N2O3. The number of aryl methyl sites for hydroxylation is 1. The molecule has 20 heavy (non-hydrogen) atoms. The molecule has 0 radical (unpaired) electrons.